The Hall–Kier alpha value is -3.64. The van der Waals surface area contributed by atoms with E-state index in [2.05, 4.69) is 20.9 Å². The van der Waals surface area contributed by atoms with Crippen molar-refractivity contribution in [1.82, 2.24) is 20.9 Å². The zero-order valence-electron chi connectivity index (χ0n) is 26.2. The van der Waals surface area contributed by atoms with Crippen LogP contribution in [0.3, 0.4) is 0 Å². The maximum absolute atomic E-state index is 14.5. The van der Waals surface area contributed by atoms with Crippen LogP contribution in [0.1, 0.15) is 63.8 Å². The molecule has 8 nitrogen and oxygen atoms in total. The number of rotatable bonds is 12. The largest absolute Gasteiger partial charge is 0.392 e. The molecule has 0 aliphatic heterocycles. The molecule has 0 fully saturated rings. The second kappa shape index (κ2) is 14.4. The van der Waals surface area contributed by atoms with Crippen molar-refractivity contribution in [2.75, 3.05) is 0 Å². The summed E-state index contributed by atoms with van der Waals surface area (Å²) < 4.78 is 43.1. The molecule has 0 spiro atoms. The van der Waals surface area contributed by atoms with Gasteiger partial charge in [0, 0.05) is 23.1 Å². The number of aryl methyl sites for hydroxylation is 1. The smallest absolute Gasteiger partial charge is 0.246 e. The van der Waals surface area contributed by atoms with Crippen molar-refractivity contribution in [1.29, 1.82) is 0 Å². The zero-order chi connectivity index (χ0) is 33.9. The number of nitrogens with two attached hydrogens (primary N) is 1. The number of thiocarbonyl (C=S) groups is 1. The Balaban J connectivity index is 1.71. The summed E-state index contributed by atoms with van der Waals surface area (Å²) in [6, 6.07) is 4.00. The van der Waals surface area contributed by atoms with E-state index in [0.717, 1.165) is 17.8 Å². The first-order chi connectivity index (χ1) is 21.7. The van der Waals surface area contributed by atoms with Gasteiger partial charge in [-0.1, -0.05) is 70.4 Å². The van der Waals surface area contributed by atoms with Gasteiger partial charge in [-0.15, -0.1) is 0 Å². The molecule has 4 rings (SSSR count). The minimum atomic E-state index is -1.55. The maximum Gasteiger partial charge on any atom is 0.246 e. The van der Waals surface area contributed by atoms with Gasteiger partial charge in [-0.05, 0) is 54.5 Å². The molecular weight excluding hydrogens is 639 g/mol. The van der Waals surface area contributed by atoms with E-state index in [9.17, 15) is 27.6 Å². The Labute approximate surface area is 276 Å². The lowest BCUT2D eigenvalue weighted by molar-refractivity contribution is -0.137. The topological polar surface area (TPSA) is 129 Å². The second-order valence-electron chi connectivity index (χ2n) is 12.2. The van der Waals surface area contributed by atoms with E-state index in [0.29, 0.717) is 35.7 Å². The van der Waals surface area contributed by atoms with E-state index in [1.807, 2.05) is 20.8 Å². The molecule has 46 heavy (non-hydrogen) atoms. The molecule has 0 bridgehead atoms. The van der Waals surface area contributed by atoms with Crippen LogP contribution < -0.4 is 21.7 Å². The number of fused-ring (bicyclic) bond motifs is 3. The van der Waals surface area contributed by atoms with Gasteiger partial charge in [-0.2, -0.15) is 0 Å². The summed E-state index contributed by atoms with van der Waals surface area (Å²) in [4.78, 5) is 44.7. The number of amides is 3. The highest BCUT2D eigenvalue weighted by Crippen LogP contribution is 2.37. The molecule has 2 unspecified atom stereocenters. The van der Waals surface area contributed by atoms with Gasteiger partial charge in [0.15, 0.2) is 0 Å². The van der Waals surface area contributed by atoms with Gasteiger partial charge in [-0.25, -0.2) is 13.2 Å². The molecule has 1 aliphatic carbocycles. The van der Waals surface area contributed by atoms with Crippen molar-refractivity contribution in [2.24, 2.45) is 17.6 Å². The molecule has 1 heterocycles. The number of halogens is 4. The normalized spacial score (nSPS) is 18.6. The predicted octanol–water partition coefficient (Wildman–Crippen LogP) is 5.17. The van der Waals surface area contributed by atoms with Crippen molar-refractivity contribution in [2.45, 2.75) is 83.8 Å². The summed E-state index contributed by atoms with van der Waals surface area (Å²) in [5.41, 5.74) is 5.93. The molecule has 0 saturated heterocycles. The van der Waals surface area contributed by atoms with Gasteiger partial charge >= 0.3 is 0 Å². The standard InChI is InChI=1S/C33H39ClF3N5O3S/c1-5-16(3)27(30(38)46)41-32(45)33(11-10-25-21(15-33)19-12-18(35)13-22(34)29(19)39-25)42-31(44)28(17(4)6-2)40-26(43)14-20-23(36)8-7-9-24(20)37/h7-9,12-13,16-17,27-28,39H,5-6,10-11,14-15H2,1-4H3,(H2,38,46)(H,40,43)(H,41,45)(H,42,44)/t16?,17?,27-,28-,33+/m0/s1. The molecule has 5 atom stereocenters. The maximum atomic E-state index is 14.5. The number of aromatic amines is 1. The van der Waals surface area contributed by atoms with Gasteiger partial charge in [0.05, 0.1) is 28.0 Å². The summed E-state index contributed by atoms with van der Waals surface area (Å²) in [7, 11) is 0. The fraction of sp³-hybridized carbons (Fsp3) is 0.455. The van der Waals surface area contributed by atoms with Gasteiger partial charge in [0.25, 0.3) is 0 Å². The number of H-pyrrole nitrogens is 1. The number of hydrogen-bond donors (Lipinski definition) is 5. The molecule has 248 valence electrons. The molecule has 6 N–H and O–H groups in total. The molecule has 3 amide bonds. The Morgan fingerprint density at radius 1 is 1.04 bits per heavy atom. The van der Waals surface area contributed by atoms with Gasteiger partial charge < -0.3 is 26.7 Å². The summed E-state index contributed by atoms with van der Waals surface area (Å²) >= 11 is 11.6. The minimum Gasteiger partial charge on any atom is -0.392 e. The molecule has 0 radical (unpaired) electrons. The van der Waals surface area contributed by atoms with Crippen molar-refractivity contribution in [3.63, 3.8) is 0 Å². The van der Waals surface area contributed by atoms with Crippen LogP contribution in [0.4, 0.5) is 13.2 Å². The van der Waals surface area contributed by atoms with E-state index in [-0.39, 0.29) is 28.8 Å². The Bertz CT molecular complexity index is 1650. The number of benzene rings is 2. The molecule has 2 aromatic carbocycles. The quantitative estimate of drug-likeness (QED) is 0.169. The van der Waals surface area contributed by atoms with Crippen LogP contribution in [0.2, 0.25) is 5.02 Å². The van der Waals surface area contributed by atoms with Crippen molar-refractivity contribution < 1.29 is 27.6 Å². The fourth-order valence-corrected chi connectivity index (χ4v) is 6.48. The molecule has 0 saturated carbocycles. The van der Waals surface area contributed by atoms with Crippen molar-refractivity contribution in [3.05, 3.63) is 69.6 Å². The third-order valence-corrected chi connectivity index (χ3v) is 9.67. The summed E-state index contributed by atoms with van der Waals surface area (Å²) in [6.07, 6.45) is 0.941. The third-order valence-electron chi connectivity index (χ3n) is 9.11. The summed E-state index contributed by atoms with van der Waals surface area (Å²) in [5, 5.41) is 9.17. The first-order valence-corrected chi connectivity index (χ1v) is 16.1. The first-order valence-electron chi connectivity index (χ1n) is 15.3. The van der Waals surface area contributed by atoms with Crippen molar-refractivity contribution >= 4 is 57.4 Å². The molecule has 1 aromatic heterocycles. The van der Waals surface area contributed by atoms with Crippen LogP contribution in [0.5, 0.6) is 0 Å². The van der Waals surface area contributed by atoms with E-state index < -0.39 is 70.7 Å². The number of aromatic nitrogens is 1. The van der Waals surface area contributed by atoms with Crippen LogP contribution in [-0.4, -0.2) is 45.3 Å². The molecule has 1 aliphatic rings. The highest BCUT2D eigenvalue weighted by Gasteiger charge is 2.46. The number of hydrogen-bond acceptors (Lipinski definition) is 4. The van der Waals surface area contributed by atoms with E-state index >= 15 is 0 Å². The summed E-state index contributed by atoms with van der Waals surface area (Å²) in [6.45, 7) is 7.40. The molecule has 13 heteroatoms. The van der Waals surface area contributed by atoms with E-state index in [1.54, 1.807) is 6.92 Å². The lowest BCUT2D eigenvalue weighted by Crippen LogP contribution is -2.67. The Morgan fingerprint density at radius 3 is 2.28 bits per heavy atom. The average molecular weight is 678 g/mol. The van der Waals surface area contributed by atoms with Crippen molar-refractivity contribution in [3.8, 4) is 0 Å². The molecular formula is C33H39ClF3N5O3S. The lowest BCUT2D eigenvalue weighted by Gasteiger charge is -2.40. The lowest BCUT2D eigenvalue weighted by atomic mass is 9.78. The average Bonchev–Trinajstić information content (AvgIpc) is 3.37. The SMILES string of the molecule is CCC(C)[C@H](NC(=O)Cc1c(F)cccc1F)C(=O)N[C@]1(C(=O)N[C@H](C(N)=S)C(C)CC)CCc2[nH]c3c(Cl)cc(F)cc3c2C1. The number of carbonyl (C=O) groups excluding carboxylic acids is 3. The first kappa shape index (κ1) is 35.2. The molecule has 3 aromatic rings. The minimum absolute atomic E-state index is 0.0220. The monoisotopic (exact) mass is 677 g/mol. The second-order valence-corrected chi connectivity index (χ2v) is 13.1. The third kappa shape index (κ3) is 7.33. The van der Waals surface area contributed by atoms with Crippen LogP contribution in [-0.2, 0) is 33.6 Å². The Kier molecular flexibility index (Phi) is 11.0. The van der Waals surface area contributed by atoms with Gasteiger partial charge in [-0.3, -0.25) is 14.4 Å². The van der Waals surface area contributed by atoms with Crippen LogP contribution in [0.25, 0.3) is 10.9 Å². The number of carbonyl (C=O) groups is 3. The highest BCUT2D eigenvalue weighted by atomic mass is 35.5. The van der Waals surface area contributed by atoms with Crippen LogP contribution in [0.15, 0.2) is 30.3 Å². The zero-order valence-corrected chi connectivity index (χ0v) is 27.7. The predicted molar refractivity (Wildman–Crippen MR) is 176 cm³/mol. The number of nitrogens with one attached hydrogen (secondary N) is 4. The van der Waals surface area contributed by atoms with Crippen LogP contribution >= 0.6 is 23.8 Å². The van der Waals surface area contributed by atoms with E-state index in [4.69, 9.17) is 29.6 Å². The van der Waals surface area contributed by atoms with Crippen LogP contribution in [0, 0.1) is 29.3 Å². The van der Waals surface area contributed by atoms with Gasteiger partial charge in [0.1, 0.15) is 29.0 Å². The highest BCUT2D eigenvalue weighted by molar-refractivity contribution is 7.80. The van der Waals surface area contributed by atoms with E-state index in [1.165, 1.54) is 18.2 Å². The fourth-order valence-electron chi connectivity index (χ4n) is 5.94. The Morgan fingerprint density at radius 2 is 1.67 bits per heavy atom. The summed E-state index contributed by atoms with van der Waals surface area (Å²) in [5.74, 6) is -4.80. The van der Waals surface area contributed by atoms with Gasteiger partial charge in [0.2, 0.25) is 17.7 Å².